The molecule has 0 saturated heterocycles. The van der Waals surface area contributed by atoms with Gasteiger partial charge in [0, 0.05) is 5.88 Å². The second-order valence-corrected chi connectivity index (χ2v) is 8.31. The van der Waals surface area contributed by atoms with Crippen LogP contribution in [0.4, 0.5) is 0 Å². The Hall–Kier alpha value is -3.33. The fourth-order valence-corrected chi connectivity index (χ4v) is 4.16. The van der Waals surface area contributed by atoms with Crippen molar-refractivity contribution >= 4 is 22.7 Å². The molecule has 2 nitrogen and oxygen atoms in total. The zero-order valence-corrected chi connectivity index (χ0v) is 20.0. The van der Waals surface area contributed by atoms with E-state index in [1.54, 1.807) is 0 Å². The first kappa shape index (κ1) is 23.8. The Labute approximate surface area is 207 Å². The van der Waals surface area contributed by atoms with Crippen LogP contribution in [0.15, 0.2) is 115 Å². The van der Waals surface area contributed by atoms with Crippen LogP contribution in [0, 0.1) is 0 Å². The van der Waals surface area contributed by atoms with Crippen molar-refractivity contribution in [3.05, 3.63) is 138 Å². The SMILES string of the molecule is ClCC/C(=C(/c1ccccc1)c1ccc(OCCOCc2ccccc2)cc1)c1ccccc1. The van der Waals surface area contributed by atoms with Gasteiger partial charge < -0.3 is 9.47 Å². The van der Waals surface area contributed by atoms with Crippen molar-refractivity contribution in [2.45, 2.75) is 13.0 Å². The van der Waals surface area contributed by atoms with Gasteiger partial charge in [-0.2, -0.15) is 0 Å². The van der Waals surface area contributed by atoms with E-state index in [4.69, 9.17) is 21.1 Å². The summed E-state index contributed by atoms with van der Waals surface area (Å²) in [5.74, 6) is 1.39. The molecular formula is C31H29ClO2. The normalized spacial score (nSPS) is 11.7. The standard InChI is InChI=1S/C31H29ClO2/c32-21-20-30(26-12-6-2-7-13-26)31(27-14-8-3-9-15-27)28-16-18-29(19-17-28)34-23-22-33-24-25-10-4-1-5-11-25/h1-19H,20-24H2/b31-30+. The number of hydrogen-bond donors (Lipinski definition) is 0. The Morgan fingerprint density at radius 2 is 1.15 bits per heavy atom. The van der Waals surface area contributed by atoms with Gasteiger partial charge in [-0.25, -0.2) is 0 Å². The van der Waals surface area contributed by atoms with Crippen molar-refractivity contribution in [2.75, 3.05) is 19.1 Å². The predicted molar refractivity (Wildman–Crippen MR) is 142 cm³/mol. The molecule has 4 aromatic carbocycles. The molecule has 0 atom stereocenters. The van der Waals surface area contributed by atoms with Crippen LogP contribution < -0.4 is 4.74 Å². The van der Waals surface area contributed by atoms with Gasteiger partial charge >= 0.3 is 0 Å². The van der Waals surface area contributed by atoms with Gasteiger partial charge in [0.15, 0.2) is 0 Å². The lowest BCUT2D eigenvalue weighted by atomic mass is 9.88. The minimum Gasteiger partial charge on any atom is -0.491 e. The summed E-state index contributed by atoms with van der Waals surface area (Å²) in [6, 6.07) is 39.5. The molecule has 0 heterocycles. The first-order valence-corrected chi connectivity index (χ1v) is 12.1. The van der Waals surface area contributed by atoms with Gasteiger partial charge in [0.2, 0.25) is 0 Å². The number of benzene rings is 4. The molecule has 0 aromatic heterocycles. The van der Waals surface area contributed by atoms with E-state index in [9.17, 15) is 0 Å². The van der Waals surface area contributed by atoms with E-state index in [1.165, 1.54) is 27.8 Å². The Bertz CT molecular complexity index is 1150. The molecule has 4 aromatic rings. The molecule has 0 amide bonds. The van der Waals surface area contributed by atoms with Crippen LogP contribution in [-0.2, 0) is 11.3 Å². The van der Waals surface area contributed by atoms with Gasteiger partial charge in [0.1, 0.15) is 12.4 Å². The van der Waals surface area contributed by atoms with E-state index < -0.39 is 0 Å². The third-order valence-corrected chi connectivity index (χ3v) is 5.77. The highest BCUT2D eigenvalue weighted by atomic mass is 35.5. The van der Waals surface area contributed by atoms with E-state index in [-0.39, 0.29) is 0 Å². The molecule has 0 N–H and O–H groups in total. The van der Waals surface area contributed by atoms with Crippen LogP contribution in [0.1, 0.15) is 28.7 Å². The molecule has 0 spiro atoms. The maximum Gasteiger partial charge on any atom is 0.119 e. The highest BCUT2D eigenvalue weighted by molar-refractivity contribution is 6.18. The smallest absolute Gasteiger partial charge is 0.119 e. The third-order valence-electron chi connectivity index (χ3n) is 5.58. The fourth-order valence-electron chi connectivity index (χ4n) is 3.97. The van der Waals surface area contributed by atoms with Gasteiger partial charge in [-0.15, -0.1) is 11.6 Å². The van der Waals surface area contributed by atoms with Gasteiger partial charge in [-0.1, -0.05) is 103 Å². The van der Waals surface area contributed by atoms with Crippen molar-refractivity contribution < 1.29 is 9.47 Å². The molecule has 0 aliphatic heterocycles. The highest BCUT2D eigenvalue weighted by Gasteiger charge is 2.14. The lowest BCUT2D eigenvalue weighted by Gasteiger charge is -2.17. The second kappa shape index (κ2) is 12.8. The summed E-state index contributed by atoms with van der Waals surface area (Å²) >= 11 is 6.25. The first-order chi connectivity index (χ1) is 16.8. The largest absolute Gasteiger partial charge is 0.491 e. The summed E-state index contributed by atoms with van der Waals surface area (Å²) in [6.45, 7) is 1.64. The lowest BCUT2D eigenvalue weighted by Crippen LogP contribution is -2.06. The third kappa shape index (κ3) is 6.60. The average Bonchev–Trinajstić information content (AvgIpc) is 2.91. The molecule has 0 bridgehead atoms. The van der Waals surface area contributed by atoms with E-state index in [1.807, 2.05) is 42.5 Å². The van der Waals surface area contributed by atoms with Crippen molar-refractivity contribution in [1.29, 1.82) is 0 Å². The number of alkyl halides is 1. The van der Waals surface area contributed by atoms with Crippen LogP contribution >= 0.6 is 11.6 Å². The molecular weight excluding hydrogens is 440 g/mol. The molecule has 0 fully saturated rings. The van der Waals surface area contributed by atoms with Gasteiger partial charge in [-0.05, 0) is 52.0 Å². The molecule has 0 aliphatic carbocycles. The summed E-state index contributed by atoms with van der Waals surface area (Å²) in [4.78, 5) is 0. The van der Waals surface area contributed by atoms with Crippen molar-refractivity contribution in [1.82, 2.24) is 0 Å². The number of rotatable bonds is 11. The first-order valence-electron chi connectivity index (χ1n) is 11.6. The molecule has 0 radical (unpaired) electrons. The monoisotopic (exact) mass is 468 g/mol. The molecule has 0 unspecified atom stereocenters. The summed E-state index contributed by atoms with van der Waals surface area (Å²) in [5.41, 5.74) is 7.11. The zero-order valence-electron chi connectivity index (χ0n) is 19.2. The maximum atomic E-state index is 6.25. The predicted octanol–water partition coefficient (Wildman–Crippen LogP) is 7.87. The topological polar surface area (TPSA) is 18.5 Å². The lowest BCUT2D eigenvalue weighted by molar-refractivity contribution is 0.0889. The Morgan fingerprint density at radius 3 is 1.76 bits per heavy atom. The minimum absolute atomic E-state index is 0.509. The van der Waals surface area contributed by atoms with E-state index in [2.05, 4.69) is 72.8 Å². The minimum atomic E-state index is 0.509. The molecule has 0 aliphatic rings. The molecule has 4 rings (SSSR count). The molecule has 3 heteroatoms. The summed E-state index contributed by atoms with van der Waals surface area (Å²) in [5, 5.41) is 0. The average molecular weight is 469 g/mol. The number of allylic oxidation sites excluding steroid dienone is 1. The van der Waals surface area contributed by atoms with E-state index in [0.29, 0.717) is 25.7 Å². The molecule has 172 valence electrons. The number of halogens is 1. The van der Waals surface area contributed by atoms with Gasteiger partial charge in [0.05, 0.1) is 13.2 Å². The van der Waals surface area contributed by atoms with Gasteiger partial charge in [-0.3, -0.25) is 0 Å². The molecule has 0 saturated carbocycles. The van der Waals surface area contributed by atoms with Crippen LogP contribution in [-0.4, -0.2) is 19.1 Å². The van der Waals surface area contributed by atoms with Gasteiger partial charge in [0.25, 0.3) is 0 Å². The number of hydrogen-bond acceptors (Lipinski definition) is 2. The number of ether oxygens (including phenoxy) is 2. The quantitative estimate of drug-likeness (QED) is 0.127. The van der Waals surface area contributed by atoms with E-state index >= 15 is 0 Å². The molecule has 34 heavy (non-hydrogen) atoms. The van der Waals surface area contributed by atoms with Crippen LogP contribution in [0.25, 0.3) is 11.1 Å². The van der Waals surface area contributed by atoms with Crippen molar-refractivity contribution in [3.8, 4) is 5.75 Å². The zero-order chi connectivity index (χ0) is 23.4. The highest BCUT2D eigenvalue weighted by Crippen LogP contribution is 2.35. The Balaban J connectivity index is 1.50. The maximum absolute atomic E-state index is 6.25. The fraction of sp³-hybridized carbons (Fsp3) is 0.161. The second-order valence-electron chi connectivity index (χ2n) is 7.94. The van der Waals surface area contributed by atoms with Crippen molar-refractivity contribution in [3.63, 3.8) is 0 Å². The van der Waals surface area contributed by atoms with Crippen LogP contribution in [0.3, 0.4) is 0 Å². The van der Waals surface area contributed by atoms with Crippen molar-refractivity contribution in [2.24, 2.45) is 0 Å². The Kier molecular flexibility index (Phi) is 8.96. The van der Waals surface area contributed by atoms with E-state index in [0.717, 1.165) is 17.7 Å². The summed E-state index contributed by atoms with van der Waals surface area (Å²) in [6.07, 6.45) is 0.785. The van der Waals surface area contributed by atoms with Crippen LogP contribution in [0.5, 0.6) is 5.75 Å². The van der Waals surface area contributed by atoms with Crippen LogP contribution in [0.2, 0.25) is 0 Å². The summed E-state index contributed by atoms with van der Waals surface area (Å²) < 4.78 is 11.6. The summed E-state index contributed by atoms with van der Waals surface area (Å²) in [7, 11) is 0. The Morgan fingerprint density at radius 1 is 0.588 bits per heavy atom.